The van der Waals surface area contributed by atoms with E-state index in [9.17, 15) is 14.4 Å². The van der Waals surface area contributed by atoms with Crippen molar-refractivity contribution in [2.75, 3.05) is 18.5 Å². The number of H-pyrrole nitrogens is 1. The zero-order valence-corrected chi connectivity index (χ0v) is 13.6. The standard InChI is InChI=1S/C18H17N3O4/c1-13(22)21-15-5-4-6-16(11-15)25-10-3-2-9-19-18(24)14-7-8-17(23)20-12-14/h4-8,11-12H,9-10H2,1H3,(H,19,24)(H,20,23)(H,21,22). The predicted octanol–water partition coefficient (Wildman–Crippen LogP) is 1.15. The van der Waals surface area contributed by atoms with Crippen LogP contribution in [0.15, 0.2) is 47.4 Å². The highest BCUT2D eigenvalue weighted by Crippen LogP contribution is 2.16. The number of benzene rings is 1. The van der Waals surface area contributed by atoms with Crippen molar-refractivity contribution < 1.29 is 14.3 Å². The number of carbonyl (C=O) groups is 2. The Morgan fingerprint density at radius 2 is 2.04 bits per heavy atom. The van der Waals surface area contributed by atoms with Gasteiger partial charge in [-0.3, -0.25) is 14.4 Å². The van der Waals surface area contributed by atoms with E-state index in [0.29, 0.717) is 17.0 Å². The first kappa shape index (κ1) is 17.8. The molecular weight excluding hydrogens is 322 g/mol. The molecule has 0 radical (unpaired) electrons. The highest BCUT2D eigenvalue weighted by Gasteiger charge is 2.02. The molecule has 0 bridgehead atoms. The first-order chi connectivity index (χ1) is 12.0. The molecule has 1 heterocycles. The molecule has 0 atom stereocenters. The Labute approximate surface area is 144 Å². The van der Waals surface area contributed by atoms with E-state index in [2.05, 4.69) is 27.5 Å². The number of anilines is 1. The minimum atomic E-state index is -0.325. The lowest BCUT2D eigenvalue weighted by Gasteiger charge is -2.05. The molecule has 2 aromatic rings. The summed E-state index contributed by atoms with van der Waals surface area (Å²) in [5.74, 6) is 5.64. The highest BCUT2D eigenvalue weighted by atomic mass is 16.5. The number of hydrogen-bond donors (Lipinski definition) is 3. The number of ether oxygens (including phenoxy) is 1. The van der Waals surface area contributed by atoms with Crippen molar-refractivity contribution in [2.45, 2.75) is 6.92 Å². The maximum Gasteiger partial charge on any atom is 0.253 e. The van der Waals surface area contributed by atoms with Gasteiger partial charge in [0.05, 0.1) is 12.1 Å². The van der Waals surface area contributed by atoms with E-state index < -0.39 is 0 Å². The number of aromatic amines is 1. The molecule has 2 rings (SSSR count). The second kappa shape index (κ2) is 8.93. The molecular formula is C18H17N3O4. The van der Waals surface area contributed by atoms with Gasteiger partial charge in [-0.25, -0.2) is 0 Å². The monoisotopic (exact) mass is 339 g/mol. The molecule has 0 aliphatic heterocycles. The van der Waals surface area contributed by atoms with E-state index in [1.54, 1.807) is 24.3 Å². The second-order valence-electron chi connectivity index (χ2n) is 4.98. The van der Waals surface area contributed by atoms with Gasteiger partial charge >= 0.3 is 0 Å². The minimum absolute atomic E-state index is 0.151. The maximum absolute atomic E-state index is 11.8. The molecule has 1 aromatic heterocycles. The molecule has 0 saturated carbocycles. The summed E-state index contributed by atoms with van der Waals surface area (Å²) >= 11 is 0. The van der Waals surface area contributed by atoms with Gasteiger partial charge in [0.1, 0.15) is 12.4 Å². The van der Waals surface area contributed by atoms with Gasteiger partial charge in [-0.05, 0) is 18.2 Å². The van der Waals surface area contributed by atoms with Crippen molar-refractivity contribution in [1.82, 2.24) is 10.3 Å². The Morgan fingerprint density at radius 1 is 1.20 bits per heavy atom. The van der Waals surface area contributed by atoms with Gasteiger partial charge in [0.15, 0.2) is 0 Å². The van der Waals surface area contributed by atoms with E-state index in [4.69, 9.17) is 4.74 Å². The van der Waals surface area contributed by atoms with Crippen LogP contribution >= 0.6 is 0 Å². The number of aromatic nitrogens is 1. The molecule has 7 heteroatoms. The number of carbonyl (C=O) groups excluding carboxylic acids is 2. The van der Waals surface area contributed by atoms with E-state index >= 15 is 0 Å². The molecule has 3 N–H and O–H groups in total. The minimum Gasteiger partial charge on any atom is -0.481 e. The summed E-state index contributed by atoms with van der Waals surface area (Å²) in [6.45, 7) is 1.74. The van der Waals surface area contributed by atoms with Crippen molar-refractivity contribution >= 4 is 17.5 Å². The normalized spacial score (nSPS) is 9.48. The lowest BCUT2D eigenvalue weighted by Crippen LogP contribution is -2.24. The van der Waals surface area contributed by atoms with Gasteiger partial charge in [0.2, 0.25) is 11.5 Å². The maximum atomic E-state index is 11.8. The highest BCUT2D eigenvalue weighted by molar-refractivity contribution is 5.93. The van der Waals surface area contributed by atoms with Crippen LogP contribution in [0.5, 0.6) is 5.75 Å². The van der Waals surface area contributed by atoms with Crippen molar-refractivity contribution in [3.8, 4) is 17.6 Å². The third-order valence-electron chi connectivity index (χ3n) is 2.97. The van der Waals surface area contributed by atoms with Crippen LogP contribution in [-0.2, 0) is 4.79 Å². The van der Waals surface area contributed by atoms with Crippen LogP contribution < -0.4 is 20.9 Å². The van der Waals surface area contributed by atoms with Crippen molar-refractivity contribution in [1.29, 1.82) is 0 Å². The molecule has 0 spiro atoms. The first-order valence-corrected chi connectivity index (χ1v) is 7.48. The quantitative estimate of drug-likeness (QED) is 0.711. The fraction of sp³-hybridized carbons (Fsp3) is 0.167. The van der Waals surface area contributed by atoms with Gasteiger partial charge < -0.3 is 20.4 Å². The summed E-state index contributed by atoms with van der Waals surface area (Å²) in [4.78, 5) is 36.1. The molecule has 0 saturated heterocycles. The molecule has 0 aliphatic rings. The van der Waals surface area contributed by atoms with E-state index in [1.165, 1.54) is 25.3 Å². The Bertz CT molecular complexity index is 857. The Kier molecular flexibility index (Phi) is 6.37. The zero-order chi connectivity index (χ0) is 18.1. The molecule has 7 nitrogen and oxygen atoms in total. The smallest absolute Gasteiger partial charge is 0.253 e. The largest absolute Gasteiger partial charge is 0.481 e. The lowest BCUT2D eigenvalue weighted by molar-refractivity contribution is -0.114. The van der Waals surface area contributed by atoms with E-state index in [-0.39, 0.29) is 30.5 Å². The fourth-order valence-corrected chi connectivity index (χ4v) is 1.88. The van der Waals surface area contributed by atoms with Crippen molar-refractivity contribution in [2.24, 2.45) is 0 Å². The van der Waals surface area contributed by atoms with E-state index in [0.717, 1.165) is 0 Å². The summed E-state index contributed by atoms with van der Waals surface area (Å²) < 4.78 is 5.46. The Morgan fingerprint density at radius 3 is 2.76 bits per heavy atom. The Hall–Kier alpha value is -3.53. The molecule has 25 heavy (non-hydrogen) atoms. The van der Waals surface area contributed by atoms with Crippen LogP contribution in [-0.4, -0.2) is 29.9 Å². The lowest BCUT2D eigenvalue weighted by atomic mass is 10.3. The number of nitrogens with one attached hydrogen (secondary N) is 3. The average Bonchev–Trinajstić information content (AvgIpc) is 2.58. The average molecular weight is 339 g/mol. The van der Waals surface area contributed by atoms with Gasteiger partial charge in [0.25, 0.3) is 5.91 Å². The topological polar surface area (TPSA) is 100 Å². The number of pyridine rings is 1. The van der Waals surface area contributed by atoms with Gasteiger partial charge in [-0.15, -0.1) is 0 Å². The van der Waals surface area contributed by atoms with Gasteiger partial charge in [-0.1, -0.05) is 17.9 Å². The van der Waals surface area contributed by atoms with Crippen LogP contribution in [0.1, 0.15) is 17.3 Å². The summed E-state index contributed by atoms with van der Waals surface area (Å²) in [5.41, 5.74) is 0.731. The third kappa shape index (κ3) is 6.23. The zero-order valence-electron chi connectivity index (χ0n) is 13.6. The first-order valence-electron chi connectivity index (χ1n) is 7.48. The predicted molar refractivity (Wildman–Crippen MR) is 93.4 cm³/mol. The summed E-state index contributed by atoms with van der Waals surface area (Å²) in [6.07, 6.45) is 1.34. The number of amides is 2. The molecule has 128 valence electrons. The SMILES string of the molecule is CC(=O)Nc1cccc(OCC#CCNC(=O)c2ccc(=O)[nH]c2)c1. The second-order valence-corrected chi connectivity index (χ2v) is 4.98. The van der Waals surface area contributed by atoms with Gasteiger partial charge in [-0.2, -0.15) is 0 Å². The summed E-state index contributed by atoms with van der Waals surface area (Å²) in [7, 11) is 0. The Balaban J connectivity index is 1.76. The molecule has 0 unspecified atom stereocenters. The van der Waals surface area contributed by atoms with Crippen LogP contribution in [0.3, 0.4) is 0 Å². The van der Waals surface area contributed by atoms with Crippen molar-refractivity contribution in [3.63, 3.8) is 0 Å². The van der Waals surface area contributed by atoms with Crippen LogP contribution in [0.4, 0.5) is 5.69 Å². The van der Waals surface area contributed by atoms with Crippen LogP contribution in [0.25, 0.3) is 0 Å². The number of rotatable bonds is 5. The number of hydrogen-bond acceptors (Lipinski definition) is 4. The summed E-state index contributed by atoms with van der Waals surface area (Å²) in [5, 5.41) is 5.27. The van der Waals surface area contributed by atoms with E-state index in [1.807, 2.05) is 0 Å². The van der Waals surface area contributed by atoms with Crippen LogP contribution in [0, 0.1) is 11.8 Å². The summed E-state index contributed by atoms with van der Waals surface area (Å²) in [6, 6.07) is 9.69. The van der Waals surface area contributed by atoms with Crippen LogP contribution in [0.2, 0.25) is 0 Å². The molecule has 1 aromatic carbocycles. The third-order valence-corrected chi connectivity index (χ3v) is 2.97. The van der Waals surface area contributed by atoms with Crippen molar-refractivity contribution in [3.05, 3.63) is 58.5 Å². The fourth-order valence-electron chi connectivity index (χ4n) is 1.88. The molecule has 2 amide bonds. The molecule has 0 fully saturated rings. The van der Waals surface area contributed by atoms with Gasteiger partial charge in [0, 0.05) is 30.9 Å². The molecule has 0 aliphatic carbocycles.